The zero-order valence-corrected chi connectivity index (χ0v) is 19.3. The quantitative estimate of drug-likeness (QED) is 0.367. The van der Waals surface area contributed by atoms with Crippen molar-refractivity contribution in [2.24, 2.45) is 0 Å². The van der Waals surface area contributed by atoms with Crippen molar-refractivity contribution in [2.45, 2.75) is 39.7 Å². The number of aryl methyl sites for hydroxylation is 2. The van der Waals surface area contributed by atoms with Gasteiger partial charge in [-0.15, -0.1) is 0 Å². The molecule has 32 heavy (non-hydrogen) atoms. The molecule has 0 radical (unpaired) electrons. The molecule has 1 amide bonds. The Morgan fingerprint density at radius 2 is 2.16 bits per heavy atom. The summed E-state index contributed by atoms with van der Waals surface area (Å²) >= 11 is 1.52. The maximum absolute atomic E-state index is 13.7. The minimum atomic E-state index is -0.215. The molecule has 166 valence electrons. The number of hydrogen-bond donors (Lipinski definition) is 0. The van der Waals surface area contributed by atoms with Crippen LogP contribution in [0, 0.1) is 13.8 Å². The van der Waals surface area contributed by atoms with E-state index in [0.29, 0.717) is 29.6 Å². The number of furan rings is 1. The van der Waals surface area contributed by atoms with Crippen LogP contribution in [0.3, 0.4) is 0 Å². The average Bonchev–Trinajstić information content (AvgIpc) is 3.54. The van der Waals surface area contributed by atoms with Gasteiger partial charge in [-0.3, -0.25) is 9.69 Å². The highest BCUT2D eigenvalue weighted by Gasteiger charge is 2.29. The van der Waals surface area contributed by atoms with Gasteiger partial charge in [0, 0.05) is 12.0 Å². The second-order valence-electron chi connectivity index (χ2n) is 8.12. The van der Waals surface area contributed by atoms with Crippen molar-refractivity contribution in [1.82, 2.24) is 4.98 Å². The number of thiazole rings is 1. The number of fused-ring (bicyclic) bond motifs is 2. The molecule has 0 bridgehead atoms. The van der Waals surface area contributed by atoms with Crippen molar-refractivity contribution in [1.29, 1.82) is 0 Å². The van der Waals surface area contributed by atoms with Gasteiger partial charge in [0.05, 0.1) is 29.5 Å². The number of ether oxygens (including phenoxy) is 2. The largest absolute Gasteiger partial charge is 0.490 e. The van der Waals surface area contributed by atoms with Crippen LogP contribution in [0.25, 0.3) is 21.2 Å². The molecule has 2 aromatic carbocycles. The molecule has 0 N–H and O–H groups in total. The molecule has 1 saturated heterocycles. The summed E-state index contributed by atoms with van der Waals surface area (Å²) in [4.78, 5) is 20.3. The van der Waals surface area contributed by atoms with E-state index in [-0.39, 0.29) is 17.8 Å². The molecule has 1 fully saturated rings. The Morgan fingerprint density at radius 1 is 1.28 bits per heavy atom. The number of nitrogens with zero attached hydrogens (tertiary/aromatic N) is 2. The highest BCUT2D eigenvalue weighted by Crippen LogP contribution is 2.35. The van der Waals surface area contributed by atoms with E-state index in [9.17, 15) is 4.79 Å². The van der Waals surface area contributed by atoms with Crippen LogP contribution in [0.15, 0.2) is 40.8 Å². The summed E-state index contributed by atoms with van der Waals surface area (Å²) in [5.74, 6) is 0.700. The summed E-state index contributed by atoms with van der Waals surface area (Å²) in [6.07, 6.45) is 1.94. The predicted octanol–water partition coefficient (Wildman–Crippen LogP) is 5.88. The van der Waals surface area contributed by atoms with Crippen LogP contribution < -0.4 is 9.64 Å². The Kier molecular flexibility index (Phi) is 5.61. The molecule has 5 rings (SSSR count). The van der Waals surface area contributed by atoms with Crippen molar-refractivity contribution >= 4 is 43.6 Å². The van der Waals surface area contributed by atoms with Crippen LogP contribution >= 0.6 is 11.3 Å². The summed E-state index contributed by atoms with van der Waals surface area (Å²) in [7, 11) is 0. The smallest absolute Gasteiger partial charge is 0.295 e. The van der Waals surface area contributed by atoms with Gasteiger partial charge < -0.3 is 13.9 Å². The highest BCUT2D eigenvalue weighted by atomic mass is 32.1. The molecule has 1 unspecified atom stereocenters. The van der Waals surface area contributed by atoms with Crippen molar-refractivity contribution in [3.05, 3.63) is 53.3 Å². The number of hydrogen-bond acceptors (Lipinski definition) is 6. The number of aromatic nitrogens is 1. The average molecular weight is 451 g/mol. The van der Waals surface area contributed by atoms with Gasteiger partial charge in [0.1, 0.15) is 0 Å². The lowest BCUT2D eigenvalue weighted by atomic mass is 10.1. The number of carbonyl (C=O) groups excluding carboxylic acids is 1. The number of rotatable bonds is 6. The summed E-state index contributed by atoms with van der Waals surface area (Å²) in [5, 5.41) is 1.51. The predicted molar refractivity (Wildman–Crippen MR) is 127 cm³/mol. The maximum atomic E-state index is 13.7. The number of benzene rings is 2. The van der Waals surface area contributed by atoms with Crippen LogP contribution in [0.2, 0.25) is 0 Å². The minimum Gasteiger partial charge on any atom is -0.490 e. The van der Waals surface area contributed by atoms with Crippen molar-refractivity contribution in [3.8, 4) is 5.75 Å². The second kappa shape index (κ2) is 8.56. The summed E-state index contributed by atoms with van der Waals surface area (Å²) < 4.78 is 18.6. The van der Waals surface area contributed by atoms with Crippen LogP contribution in [-0.2, 0) is 4.74 Å². The van der Waals surface area contributed by atoms with Gasteiger partial charge in [-0.2, -0.15) is 0 Å². The third-order valence-corrected chi connectivity index (χ3v) is 7.02. The summed E-state index contributed by atoms with van der Waals surface area (Å²) in [5.41, 5.74) is 3.86. The first-order valence-electron chi connectivity index (χ1n) is 11.0. The molecule has 1 aliphatic heterocycles. The Labute approximate surface area is 190 Å². The molecule has 4 aromatic rings. The molecule has 1 aliphatic rings. The fraction of sp³-hybridized carbons (Fsp3) is 0.360. The van der Waals surface area contributed by atoms with Gasteiger partial charge >= 0.3 is 0 Å². The first-order valence-corrected chi connectivity index (χ1v) is 11.8. The SMILES string of the molecule is CCOc1cccc2cc(C(=O)N(CC3CCCO3)c3nc4c(C)c(C)ccc4s3)oc12. The number of amides is 1. The third-order valence-electron chi connectivity index (χ3n) is 5.98. The topological polar surface area (TPSA) is 64.8 Å². The lowest BCUT2D eigenvalue weighted by Crippen LogP contribution is -2.37. The van der Waals surface area contributed by atoms with E-state index in [1.165, 1.54) is 16.9 Å². The van der Waals surface area contributed by atoms with Crippen molar-refractivity contribution in [2.75, 3.05) is 24.7 Å². The number of anilines is 1. The van der Waals surface area contributed by atoms with Gasteiger partial charge in [-0.25, -0.2) is 4.98 Å². The van der Waals surface area contributed by atoms with Crippen LogP contribution in [0.5, 0.6) is 5.75 Å². The van der Waals surface area contributed by atoms with E-state index in [1.54, 1.807) is 11.0 Å². The van der Waals surface area contributed by atoms with Crippen LogP contribution in [-0.4, -0.2) is 36.8 Å². The summed E-state index contributed by atoms with van der Waals surface area (Å²) in [6, 6.07) is 11.6. The van der Waals surface area contributed by atoms with E-state index in [2.05, 4.69) is 26.0 Å². The highest BCUT2D eigenvalue weighted by molar-refractivity contribution is 7.22. The van der Waals surface area contributed by atoms with E-state index >= 15 is 0 Å². The standard InChI is InChI=1S/C25H26N2O4S/c1-4-29-19-9-5-7-17-13-20(31-23(17)19)24(28)27(14-18-8-6-12-30-18)25-26-22-16(3)15(2)10-11-21(22)32-25/h5,7,9-11,13,18H,4,6,8,12,14H2,1-3H3. The molecule has 1 atom stereocenters. The van der Waals surface area contributed by atoms with E-state index < -0.39 is 0 Å². The van der Waals surface area contributed by atoms with Crippen LogP contribution in [0.1, 0.15) is 41.4 Å². The van der Waals surface area contributed by atoms with E-state index in [1.807, 2.05) is 25.1 Å². The molecule has 6 nitrogen and oxygen atoms in total. The van der Waals surface area contributed by atoms with Crippen molar-refractivity contribution in [3.63, 3.8) is 0 Å². The molecule has 0 aliphatic carbocycles. The minimum absolute atomic E-state index is 0.00263. The lowest BCUT2D eigenvalue weighted by molar-refractivity contribution is 0.0896. The second-order valence-corrected chi connectivity index (χ2v) is 9.13. The molecule has 7 heteroatoms. The molecule has 3 heterocycles. The summed E-state index contributed by atoms with van der Waals surface area (Å²) in [6.45, 7) is 7.78. The molecular formula is C25H26N2O4S. The Bertz CT molecular complexity index is 1290. The van der Waals surface area contributed by atoms with E-state index in [0.717, 1.165) is 40.6 Å². The number of para-hydroxylation sites is 1. The van der Waals surface area contributed by atoms with Gasteiger partial charge in [0.25, 0.3) is 5.91 Å². The third kappa shape index (κ3) is 3.76. The Balaban J connectivity index is 1.56. The van der Waals surface area contributed by atoms with Gasteiger partial charge in [-0.1, -0.05) is 29.5 Å². The first kappa shape index (κ1) is 21.0. The zero-order valence-electron chi connectivity index (χ0n) is 18.5. The fourth-order valence-electron chi connectivity index (χ4n) is 4.11. The molecule has 0 spiro atoms. The van der Waals surface area contributed by atoms with E-state index in [4.69, 9.17) is 18.9 Å². The molecule has 0 saturated carbocycles. The molecule has 2 aromatic heterocycles. The first-order chi connectivity index (χ1) is 15.5. The number of carbonyl (C=O) groups is 1. The fourth-order valence-corrected chi connectivity index (χ4v) is 5.15. The zero-order chi connectivity index (χ0) is 22.2. The van der Waals surface area contributed by atoms with Gasteiger partial charge in [-0.05, 0) is 62.9 Å². The Morgan fingerprint density at radius 3 is 2.94 bits per heavy atom. The van der Waals surface area contributed by atoms with Gasteiger partial charge in [0.2, 0.25) is 0 Å². The Hall–Kier alpha value is -2.90. The lowest BCUT2D eigenvalue weighted by Gasteiger charge is -2.22. The van der Waals surface area contributed by atoms with Crippen LogP contribution in [0.4, 0.5) is 5.13 Å². The maximum Gasteiger partial charge on any atom is 0.295 e. The van der Waals surface area contributed by atoms with Crippen molar-refractivity contribution < 1.29 is 18.7 Å². The monoisotopic (exact) mass is 450 g/mol. The molecular weight excluding hydrogens is 424 g/mol. The van der Waals surface area contributed by atoms with Gasteiger partial charge in [0.15, 0.2) is 22.2 Å². The normalized spacial score (nSPS) is 16.2.